The smallest absolute Gasteiger partial charge is 0.274 e. The van der Waals surface area contributed by atoms with E-state index in [2.05, 4.69) is 20.4 Å². The highest BCUT2D eigenvalue weighted by Gasteiger charge is 2.43. The molecule has 31 heavy (non-hydrogen) atoms. The van der Waals surface area contributed by atoms with E-state index in [0.29, 0.717) is 29.1 Å². The minimum Gasteiger partial charge on any atom is -0.493 e. The average Bonchev–Trinajstić information content (AvgIpc) is 3.15. The van der Waals surface area contributed by atoms with Gasteiger partial charge in [-0.3, -0.25) is 9.20 Å². The highest BCUT2D eigenvalue weighted by Crippen LogP contribution is 2.43. The standard InChI is InChI=1S/C21H17F2N5O3/c1-10-3-4-11(19-26-21(31-27-19)12-6-13(12)22)5-15(10)25-20(29)16-8-24-18-7-17(30-2)14(23)9-28(16)18/h3-5,7-9,12-13H,6H2,1-2H3,(H,25,29)/t12-,13-/m0/s1. The normalized spacial score (nSPS) is 17.7. The summed E-state index contributed by atoms with van der Waals surface area (Å²) in [4.78, 5) is 21.3. The lowest BCUT2D eigenvalue weighted by Gasteiger charge is -2.10. The van der Waals surface area contributed by atoms with Crippen LogP contribution in [0.3, 0.4) is 0 Å². The Labute approximate surface area is 174 Å². The highest BCUT2D eigenvalue weighted by atomic mass is 19.1. The van der Waals surface area contributed by atoms with E-state index < -0.39 is 17.9 Å². The van der Waals surface area contributed by atoms with Crippen LogP contribution in [0.15, 0.2) is 41.2 Å². The van der Waals surface area contributed by atoms with Gasteiger partial charge < -0.3 is 14.6 Å². The lowest BCUT2D eigenvalue weighted by Crippen LogP contribution is -2.15. The van der Waals surface area contributed by atoms with Gasteiger partial charge in [0, 0.05) is 17.3 Å². The number of ether oxygens (including phenoxy) is 1. The van der Waals surface area contributed by atoms with Crippen LogP contribution in [-0.4, -0.2) is 38.7 Å². The highest BCUT2D eigenvalue weighted by molar-refractivity contribution is 6.04. The van der Waals surface area contributed by atoms with Gasteiger partial charge in [0.05, 0.1) is 25.4 Å². The Kier molecular flexibility index (Phi) is 4.42. The number of imidazole rings is 1. The minimum atomic E-state index is -0.934. The first-order valence-electron chi connectivity index (χ1n) is 9.55. The molecule has 1 aliphatic carbocycles. The Bertz CT molecular complexity index is 1320. The third-order valence-corrected chi connectivity index (χ3v) is 5.23. The van der Waals surface area contributed by atoms with E-state index in [1.54, 1.807) is 18.2 Å². The van der Waals surface area contributed by atoms with Crippen molar-refractivity contribution in [3.8, 4) is 17.1 Å². The molecule has 0 saturated heterocycles. The monoisotopic (exact) mass is 425 g/mol. The number of hydrogen-bond donors (Lipinski definition) is 1. The van der Waals surface area contributed by atoms with Crippen LogP contribution in [0, 0.1) is 12.7 Å². The first-order valence-corrected chi connectivity index (χ1v) is 9.55. The first-order chi connectivity index (χ1) is 14.9. The molecule has 5 rings (SSSR count). The number of pyridine rings is 1. The molecule has 8 nitrogen and oxygen atoms in total. The van der Waals surface area contributed by atoms with Crippen LogP contribution >= 0.6 is 0 Å². The van der Waals surface area contributed by atoms with E-state index in [1.165, 1.54) is 23.8 Å². The van der Waals surface area contributed by atoms with Gasteiger partial charge >= 0.3 is 0 Å². The number of rotatable bonds is 5. The van der Waals surface area contributed by atoms with Crippen molar-refractivity contribution in [1.82, 2.24) is 19.5 Å². The summed E-state index contributed by atoms with van der Waals surface area (Å²) in [6.07, 6.45) is 1.97. The van der Waals surface area contributed by atoms with Crippen molar-refractivity contribution in [2.75, 3.05) is 12.4 Å². The fraction of sp³-hybridized carbons (Fsp3) is 0.238. The van der Waals surface area contributed by atoms with Gasteiger partial charge in [-0.1, -0.05) is 17.3 Å². The molecule has 2 atom stereocenters. The molecule has 0 unspecified atom stereocenters. The summed E-state index contributed by atoms with van der Waals surface area (Å²) < 4.78 is 38.8. The Morgan fingerprint density at radius 2 is 2.16 bits per heavy atom. The summed E-state index contributed by atoms with van der Waals surface area (Å²) in [5.74, 6) is -0.785. The molecule has 3 heterocycles. The molecule has 1 aliphatic rings. The molecule has 0 radical (unpaired) electrons. The molecular formula is C21H17F2N5O3. The minimum absolute atomic E-state index is 0.0402. The average molecular weight is 425 g/mol. The van der Waals surface area contributed by atoms with Crippen molar-refractivity contribution in [3.05, 3.63) is 59.6 Å². The largest absolute Gasteiger partial charge is 0.493 e. The van der Waals surface area contributed by atoms with E-state index in [1.807, 2.05) is 6.92 Å². The number of halogens is 2. The lowest BCUT2D eigenvalue weighted by molar-refractivity contribution is 0.102. The zero-order valence-corrected chi connectivity index (χ0v) is 16.6. The molecule has 4 aromatic rings. The van der Waals surface area contributed by atoms with Gasteiger partial charge in [-0.2, -0.15) is 4.98 Å². The van der Waals surface area contributed by atoms with Crippen LogP contribution in [0.5, 0.6) is 5.75 Å². The van der Waals surface area contributed by atoms with Gasteiger partial charge in [-0.15, -0.1) is 0 Å². The van der Waals surface area contributed by atoms with Gasteiger partial charge in [0.1, 0.15) is 17.5 Å². The summed E-state index contributed by atoms with van der Waals surface area (Å²) in [5, 5.41) is 6.73. The fourth-order valence-electron chi connectivity index (χ4n) is 3.31. The van der Waals surface area contributed by atoms with Gasteiger partial charge in [0.2, 0.25) is 11.7 Å². The molecule has 1 aromatic carbocycles. The molecule has 1 amide bonds. The lowest BCUT2D eigenvalue weighted by atomic mass is 10.1. The van der Waals surface area contributed by atoms with E-state index in [9.17, 15) is 13.6 Å². The quantitative estimate of drug-likeness (QED) is 0.521. The summed E-state index contributed by atoms with van der Waals surface area (Å²) in [6, 6.07) is 6.70. The molecule has 0 spiro atoms. The summed E-state index contributed by atoms with van der Waals surface area (Å²) >= 11 is 0. The SMILES string of the molecule is COc1cc2ncc(C(=O)Nc3cc(-c4noc([C@H]5C[C@@H]5F)n4)ccc3C)n2cc1F. The van der Waals surface area contributed by atoms with E-state index >= 15 is 0 Å². The number of nitrogens with one attached hydrogen (secondary N) is 1. The van der Waals surface area contributed by atoms with Gasteiger partial charge in [0.15, 0.2) is 11.6 Å². The number of nitrogens with zero attached hydrogens (tertiary/aromatic N) is 4. The van der Waals surface area contributed by atoms with Crippen LogP contribution < -0.4 is 10.1 Å². The van der Waals surface area contributed by atoms with Gasteiger partial charge in [-0.05, 0) is 25.0 Å². The molecule has 0 aliphatic heterocycles. The van der Waals surface area contributed by atoms with Crippen LogP contribution in [0.1, 0.15) is 34.3 Å². The predicted octanol–water partition coefficient (Wildman–Crippen LogP) is 3.92. The maximum atomic E-state index is 14.1. The maximum absolute atomic E-state index is 14.1. The third kappa shape index (κ3) is 3.39. The second kappa shape index (κ2) is 7.15. The number of anilines is 1. The molecule has 1 N–H and O–H groups in total. The number of methoxy groups -OCH3 is 1. The Morgan fingerprint density at radius 3 is 2.90 bits per heavy atom. The maximum Gasteiger partial charge on any atom is 0.274 e. The number of aromatic nitrogens is 4. The molecule has 1 saturated carbocycles. The van der Waals surface area contributed by atoms with Crippen molar-refractivity contribution >= 4 is 17.2 Å². The topological polar surface area (TPSA) is 94.5 Å². The van der Waals surface area contributed by atoms with Crippen LogP contribution in [0.4, 0.5) is 14.5 Å². The summed E-state index contributed by atoms with van der Waals surface area (Å²) in [7, 11) is 1.36. The van der Waals surface area contributed by atoms with Crippen LogP contribution in [-0.2, 0) is 0 Å². The van der Waals surface area contributed by atoms with Crippen molar-refractivity contribution in [2.45, 2.75) is 25.4 Å². The molecule has 3 aromatic heterocycles. The number of carbonyl (C=O) groups excluding carboxylic acids is 1. The predicted molar refractivity (Wildman–Crippen MR) is 106 cm³/mol. The second-order valence-electron chi connectivity index (χ2n) is 7.36. The van der Waals surface area contributed by atoms with Crippen molar-refractivity contribution in [3.63, 3.8) is 0 Å². The number of alkyl halides is 1. The number of amides is 1. The third-order valence-electron chi connectivity index (χ3n) is 5.23. The number of aryl methyl sites for hydroxylation is 1. The number of benzene rings is 1. The van der Waals surface area contributed by atoms with E-state index in [4.69, 9.17) is 9.26 Å². The molecule has 158 valence electrons. The summed E-state index contributed by atoms with van der Waals surface area (Å²) in [5.41, 5.74) is 2.47. The van der Waals surface area contributed by atoms with Crippen molar-refractivity contribution in [2.24, 2.45) is 0 Å². The zero-order chi connectivity index (χ0) is 21.7. The first kappa shape index (κ1) is 19.2. The van der Waals surface area contributed by atoms with E-state index in [0.717, 1.165) is 11.8 Å². The second-order valence-corrected chi connectivity index (χ2v) is 7.36. The van der Waals surface area contributed by atoms with E-state index in [-0.39, 0.29) is 23.3 Å². The summed E-state index contributed by atoms with van der Waals surface area (Å²) in [6.45, 7) is 1.83. The molecule has 1 fully saturated rings. The number of hydrogen-bond acceptors (Lipinski definition) is 6. The van der Waals surface area contributed by atoms with Crippen molar-refractivity contribution < 1.29 is 22.8 Å². The van der Waals surface area contributed by atoms with Crippen LogP contribution in [0.25, 0.3) is 17.0 Å². The number of carbonyl (C=O) groups is 1. The fourth-order valence-corrected chi connectivity index (χ4v) is 3.31. The van der Waals surface area contributed by atoms with Crippen LogP contribution in [0.2, 0.25) is 0 Å². The molecule has 10 heteroatoms. The van der Waals surface area contributed by atoms with Gasteiger partial charge in [-0.25, -0.2) is 13.8 Å². The Hall–Kier alpha value is -3.82. The zero-order valence-electron chi connectivity index (χ0n) is 16.6. The molecule has 0 bridgehead atoms. The van der Waals surface area contributed by atoms with Gasteiger partial charge in [0.25, 0.3) is 5.91 Å². The molecular weight excluding hydrogens is 408 g/mol. The Morgan fingerprint density at radius 1 is 1.35 bits per heavy atom. The number of fused-ring (bicyclic) bond motifs is 1. The van der Waals surface area contributed by atoms with Crippen molar-refractivity contribution in [1.29, 1.82) is 0 Å². The Balaban J connectivity index is 1.43.